The molecule has 6 amide bonds. The van der Waals surface area contributed by atoms with Gasteiger partial charge in [-0.15, -0.1) is 0 Å². The molecule has 17 nitrogen and oxygen atoms in total. The van der Waals surface area contributed by atoms with E-state index in [-0.39, 0.29) is 58.0 Å². The average Bonchev–Trinajstić information content (AvgIpc) is 3.39. The number of primary amides is 1. The zero-order valence-electron chi connectivity index (χ0n) is 22.8. The quantitative estimate of drug-likeness (QED) is 0.0513. The maximum Gasteiger partial charge on any atom is 0.322 e. The van der Waals surface area contributed by atoms with Crippen LogP contribution in [-0.4, -0.2) is 103 Å². The highest BCUT2D eigenvalue weighted by atomic mass is 16.5. The van der Waals surface area contributed by atoms with Crippen LogP contribution < -0.4 is 27.0 Å². The van der Waals surface area contributed by atoms with Crippen LogP contribution in [0.2, 0.25) is 0 Å². The summed E-state index contributed by atoms with van der Waals surface area (Å²) in [5, 5.41) is 22.2. The molecule has 224 valence electrons. The van der Waals surface area contributed by atoms with E-state index < -0.39 is 60.3 Å². The number of nitrogens with one attached hydrogen (secondary N) is 4. The molecule has 0 aliphatic carbocycles. The molecule has 1 aliphatic heterocycles. The van der Waals surface area contributed by atoms with Crippen molar-refractivity contribution in [1.82, 2.24) is 26.2 Å². The molecular weight excluding hydrogens is 530 g/mol. The highest BCUT2D eigenvalue weighted by Crippen LogP contribution is 2.20. The van der Waals surface area contributed by atoms with Gasteiger partial charge >= 0.3 is 12.0 Å². The van der Waals surface area contributed by atoms with Gasteiger partial charge in [-0.25, -0.2) is 4.79 Å². The third-order valence-corrected chi connectivity index (χ3v) is 5.97. The molecule has 7 N–H and O–H groups in total. The number of hydrogen-bond acceptors (Lipinski definition) is 8. The van der Waals surface area contributed by atoms with Crippen LogP contribution in [0, 0.1) is 5.92 Å². The number of carboxylic acid groups (broad SMARTS) is 1. The molecule has 1 heterocycles. The van der Waals surface area contributed by atoms with Crippen molar-refractivity contribution in [2.24, 2.45) is 16.8 Å². The molecule has 17 heteroatoms. The summed E-state index contributed by atoms with van der Waals surface area (Å²) in [7, 11) is 0. The Kier molecular flexibility index (Phi) is 15.5. The smallest absolute Gasteiger partial charge is 0.322 e. The van der Waals surface area contributed by atoms with Gasteiger partial charge in [-0.3, -0.25) is 24.0 Å². The summed E-state index contributed by atoms with van der Waals surface area (Å²) in [6.07, 6.45) is 1.17. The number of amides is 6. The van der Waals surface area contributed by atoms with Gasteiger partial charge in [-0.1, -0.05) is 19.0 Å². The minimum Gasteiger partial charge on any atom is -0.480 e. The third-order valence-electron chi connectivity index (χ3n) is 5.97. The molecule has 0 radical (unpaired) electrons. The Hall–Kier alpha value is -4.11. The summed E-state index contributed by atoms with van der Waals surface area (Å²) in [6, 6.07) is -3.71. The van der Waals surface area contributed by atoms with E-state index in [1.165, 1.54) is 4.90 Å². The van der Waals surface area contributed by atoms with Gasteiger partial charge in [0.1, 0.15) is 24.7 Å². The van der Waals surface area contributed by atoms with Gasteiger partial charge in [0.15, 0.2) is 0 Å². The second kappa shape index (κ2) is 18.2. The van der Waals surface area contributed by atoms with Gasteiger partial charge in [-0.2, -0.15) is 0 Å². The molecule has 0 aromatic carbocycles. The molecule has 1 rings (SSSR count). The minimum absolute atomic E-state index is 0.0468. The second-order valence-electron chi connectivity index (χ2n) is 9.40. The fourth-order valence-corrected chi connectivity index (χ4v) is 4.02. The second-order valence-corrected chi connectivity index (χ2v) is 9.40. The van der Waals surface area contributed by atoms with Crippen molar-refractivity contribution in [3.63, 3.8) is 0 Å². The summed E-state index contributed by atoms with van der Waals surface area (Å²) >= 11 is 0. The normalized spacial score (nSPS) is 15.9. The van der Waals surface area contributed by atoms with Crippen LogP contribution in [0.25, 0.3) is 10.4 Å². The Morgan fingerprint density at radius 1 is 1.15 bits per heavy atom. The number of carbonyl (C=O) groups excluding carboxylic acids is 5. The lowest BCUT2D eigenvalue weighted by Crippen LogP contribution is -2.57. The number of urea groups is 1. The SMILES string of the molecule is CC(C)[C@H](NC(=O)CCOCCN=[N+]=[N-])C(=O)N[C@@H](CCCNC(N)=O)C(=O)N1CCC[C@H]1C(=O)NCC(=O)O. The highest BCUT2D eigenvalue weighted by molar-refractivity contribution is 5.95. The van der Waals surface area contributed by atoms with Crippen LogP contribution in [0.15, 0.2) is 5.11 Å². The Morgan fingerprint density at radius 2 is 1.88 bits per heavy atom. The lowest BCUT2D eigenvalue weighted by atomic mass is 10.0. The number of nitrogens with zero attached hydrogens (tertiary/aromatic N) is 4. The van der Waals surface area contributed by atoms with Crippen LogP contribution in [-0.2, 0) is 28.7 Å². The molecular formula is C23H39N9O8. The van der Waals surface area contributed by atoms with Crippen molar-refractivity contribution in [1.29, 1.82) is 0 Å². The molecule has 1 aliphatic rings. The number of azide groups is 1. The van der Waals surface area contributed by atoms with E-state index in [1.807, 2.05) is 0 Å². The summed E-state index contributed by atoms with van der Waals surface area (Å²) in [5.74, 6) is -3.78. The molecule has 0 bridgehead atoms. The number of likely N-dealkylation sites (tertiary alicyclic amines) is 1. The van der Waals surface area contributed by atoms with Gasteiger partial charge in [0.05, 0.1) is 13.2 Å². The molecule has 0 aromatic heterocycles. The van der Waals surface area contributed by atoms with Crippen LogP contribution >= 0.6 is 0 Å². The van der Waals surface area contributed by atoms with Gasteiger partial charge in [0, 0.05) is 31.0 Å². The summed E-state index contributed by atoms with van der Waals surface area (Å²) in [4.78, 5) is 77.4. The minimum atomic E-state index is -1.22. The van der Waals surface area contributed by atoms with E-state index >= 15 is 0 Å². The third kappa shape index (κ3) is 12.6. The molecule has 1 saturated heterocycles. The number of nitrogens with two attached hydrogens (primary N) is 1. The lowest BCUT2D eigenvalue weighted by Gasteiger charge is -2.30. The number of ether oxygens (including phenoxy) is 1. The Morgan fingerprint density at radius 3 is 2.50 bits per heavy atom. The van der Waals surface area contributed by atoms with E-state index in [0.717, 1.165) is 0 Å². The monoisotopic (exact) mass is 569 g/mol. The number of aliphatic carboxylic acids is 1. The topological polar surface area (TPSA) is 258 Å². The molecule has 0 spiro atoms. The average molecular weight is 570 g/mol. The Bertz CT molecular complexity index is 955. The predicted molar refractivity (Wildman–Crippen MR) is 140 cm³/mol. The summed E-state index contributed by atoms with van der Waals surface area (Å²) in [6.45, 7) is 3.54. The van der Waals surface area contributed by atoms with E-state index in [4.69, 9.17) is 21.1 Å². The number of carboxylic acids is 1. The van der Waals surface area contributed by atoms with E-state index in [9.17, 15) is 28.8 Å². The molecule has 40 heavy (non-hydrogen) atoms. The Balaban J connectivity index is 2.91. The summed E-state index contributed by atoms with van der Waals surface area (Å²) < 4.78 is 5.21. The van der Waals surface area contributed by atoms with Crippen LogP contribution in [0.3, 0.4) is 0 Å². The standard InChI is InChI=1S/C23H39N9O8/c1-14(2)19(30-17(33)7-11-40-12-9-28-31-25)21(37)29-15(5-3-8-26-23(24)39)22(38)32-10-4-6-16(32)20(36)27-13-18(34)35/h14-16,19H,3-13H2,1-2H3,(H,27,36)(H,29,37)(H,30,33)(H,34,35)(H3,24,26,39)/t15-,16-,19-/m0/s1. The molecule has 0 unspecified atom stereocenters. The first kappa shape index (κ1) is 33.9. The number of rotatable bonds is 18. The predicted octanol–water partition coefficient (Wildman–Crippen LogP) is -1.03. The first-order valence-electron chi connectivity index (χ1n) is 13.0. The zero-order chi connectivity index (χ0) is 30.1. The van der Waals surface area contributed by atoms with Crippen molar-refractivity contribution in [3.8, 4) is 0 Å². The van der Waals surface area contributed by atoms with Gasteiger partial charge in [0.25, 0.3) is 0 Å². The van der Waals surface area contributed by atoms with Gasteiger partial charge in [-0.05, 0) is 37.1 Å². The van der Waals surface area contributed by atoms with Crippen LogP contribution in [0.5, 0.6) is 0 Å². The van der Waals surface area contributed by atoms with E-state index in [2.05, 4.69) is 31.3 Å². The van der Waals surface area contributed by atoms with Crippen molar-refractivity contribution < 1.29 is 38.6 Å². The molecule has 1 fully saturated rings. The van der Waals surface area contributed by atoms with Gasteiger partial charge < -0.3 is 41.7 Å². The van der Waals surface area contributed by atoms with E-state index in [1.54, 1.807) is 13.8 Å². The van der Waals surface area contributed by atoms with Gasteiger partial charge in [0.2, 0.25) is 23.6 Å². The number of hydrogen-bond donors (Lipinski definition) is 6. The first-order valence-corrected chi connectivity index (χ1v) is 13.0. The van der Waals surface area contributed by atoms with E-state index in [0.29, 0.717) is 12.8 Å². The largest absolute Gasteiger partial charge is 0.480 e. The molecule has 0 saturated carbocycles. The highest BCUT2D eigenvalue weighted by Gasteiger charge is 2.38. The maximum absolute atomic E-state index is 13.5. The van der Waals surface area contributed by atoms with Crippen molar-refractivity contribution in [2.45, 2.75) is 64.1 Å². The first-order chi connectivity index (χ1) is 19.0. The van der Waals surface area contributed by atoms with Crippen molar-refractivity contribution >= 4 is 35.6 Å². The van der Waals surface area contributed by atoms with Crippen LogP contribution in [0.1, 0.15) is 46.0 Å². The van der Waals surface area contributed by atoms with Crippen LogP contribution in [0.4, 0.5) is 4.79 Å². The molecule has 0 aromatic rings. The zero-order valence-corrected chi connectivity index (χ0v) is 22.8. The number of carbonyl (C=O) groups is 6. The van der Waals surface area contributed by atoms with Crippen molar-refractivity contribution in [3.05, 3.63) is 10.4 Å². The molecule has 3 atom stereocenters. The lowest BCUT2D eigenvalue weighted by molar-refractivity contribution is -0.143. The summed E-state index contributed by atoms with van der Waals surface area (Å²) in [5.41, 5.74) is 13.3. The fraction of sp³-hybridized carbons (Fsp3) is 0.739. The maximum atomic E-state index is 13.5. The fourth-order valence-electron chi connectivity index (χ4n) is 4.02. The Labute approximate surface area is 231 Å². The van der Waals surface area contributed by atoms with Crippen molar-refractivity contribution in [2.75, 3.05) is 39.4 Å².